The van der Waals surface area contributed by atoms with Crippen LogP contribution in [-0.4, -0.2) is 79.4 Å². The number of hydrogen-bond donors (Lipinski definition) is 3. The van der Waals surface area contributed by atoms with Crippen molar-refractivity contribution in [3.05, 3.63) is 52.7 Å². The van der Waals surface area contributed by atoms with Gasteiger partial charge in [-0.2, -0.15) is 0 Å². The van der Waals surface area contributed by atoms with Crippen molar-refractivity contribution in [2.24, 2.45) is 0 Å². The van der Waals surface area contributed by atoms with E-state index in [0.29, 0.717) is 30.6 Å². The number of allylic oxidation sites excluding steroid dienone is 4. The number of fused-ring (bicyclic) bond motifs is 1. The molecule has 2 heterocycles. The van der Waals surface area contributed by atoms with E-state index in [1.54, 1.807) is 4.31 Å². The molecule has 240 valence electrons. The van der Waals surface area contributed by atoms with Gasteiger partial charge in [-0.05, 0) is 119 Å². The highest BCUT2D eigenvalue weighted by molar-refractivity contribution is 7.89. The van der Waals surface area contributed by atoms with E-state index in [9.17, 15) is 8.42 Å². The number of likely N-dealkylation sites (tertiary alicyclic amines) is 1. The molecule has 0 bridgehead atoms. The summed E-state index contributed by atoms with van der Waals surface area (Å²) < 4.78 is 28.0. The number of likely N-dealkylation sites (N-methyl/N-ethyl adjacent to an activating group) is 2. The maximum absolute atomic E-state index is 13.2. The van der Waals surface area contributed by atoms with Crippen LogP contribution >= 0.6 is 0 Å². The maximum Gasteiger partial charge on any atom is 0.215 e. The zero-order chi connectivity index (χ0) is 31.9. The van der Waals surface area contributed by atoms with Crippen LogP contribution in [0.3, 0.4) is 0 Å². The zero-order valence-corrected chi connectivity index (χ0v) is 29.0. The molecule has 0 spiro atoms. The van der Waals surface area contributed by atoms with Gasteiger partial charge in [0.1, 0.15) is 0 Å². The van der Waals surface area contributed by atoms with Crippen LogP contribution in [0, 0.1) is 5.41 Å². The average molecular weight is 612 g/mol. The number of H-pyrrole nitrogens is 1. The first-order valence-electron chi connectivity index (χ1n) is 16.3. The fourth-order valence-corrected chi connectivity index (χ4v) is 8.28. The van der Waals surface area contributed by atoms with Crippen LogP contribution in [0.5, 0.6) is 0 Å². The van der Waals surface area contributed by atoms with Crippen molar-refractivity contribution in [3.8, 4) is 0 Å². The Morgan fingerprint density at radius 2 is 1.86 bits per heavy atom. The molecule has 3 rings (SSSR count). The van der Waals surface area contributed by atoms with Gasteiger partial charge in [0.25, 0.3) is 0 Å². The summed E-state index contributed by atoms with van der Waals surface area (Å²) in [7, 11) is -1.45. The first-order chi connectivity index (χ1) is 20.4. The van der Waals surface area contributed by atoms with Gasteiger partial charge in [0.2, 0.25) is 10.0 Å². The highest BCUT2D eigenvalue weighted by atomic mass is 32.2. The molecule has 8 heteroatoms. The van der Waals surface area contributed by atoms with Crippen LogP contribution in [-0.2, 0) is 10.0 Å². The van der Waals surface area contributed by atoms with E-state index >= 15 is 0 Å². The third-order valence-corrected chi connectivity index (χ3v) is 11.3. The Morgan fingerprint density at radius 3 is 2.42 bits per heavy atom. The van der Waals surface area contributed by atoms with Crippen LogP contribution in [0.25, 0.3) is 16.5 Å². The Bertz CT molecular complexity index is 1400. The molecule has 1 aromatic carbocycles. The van der Waals surface area contributed by atoms with Gasteiger partial charge in [-0.1, -0.05) is 46.3 Å². The summed E-state index contributed by atoms with van der Waals surface area (Å²) in [6.45, 7) is 19.6. The molecule has 2 unspecified atom stereocenters. The largest absolute Gasteiger partial charge is 0.354 e. The van der Waals surface area contributed by atoms with Crippen molar-refractivity contribution in [2.45, 2.75) is 105 Å². The lowest BCUT2D eigenvalue weighted by Gasteiger charge is -2.37. The second-order valence-corrected chi connectivity index (χ2v) is 14.8. The molecular formula is C35H57N5O2S. The zero-order valence-electron chi connectivity index (χ0n) is 28.2. The fraction of sp³-hybridized carbons (Fsp3) is 0.629. The molecule has 2 atom stereocenters. The van der Waals surface area contributed by atoms with Crippen LogP contribution in [0.1, 0.15) is 110 Å². The van der Waals surface area contributed by atoms with Crippen molar-refractivity contribution in [2.75, 3.05) is 39.0 Å². The Hall–Kier alpha value is -2.26. The molecule has 0 aliphatic carbocycles. The molecule has 1 fully saturated rings. The minimum absolute atomic E-state index is 0.0123. The normalized spacial score (nSPS) is 17.7. The summed E-state index contributed by atoms with van der Waals surface area (Å²) in [6.07, 6.45) is 8.14. The van der Waals surface area contributed by atoms with E-state index < -0.39 is 10.0 Å². The SMILES string of the molecule is C/C=C(\C=C(\C)C(=N)CCC)c1[nH]c2ccc(C3CCN(C(C)CS(=O)(=O)N(CC)CC(C)NC)CC3)cc2c1C(C)C. The van der Waals surface area contributed by atoms with Crippen molar-refractivity contribution in [1.29, 1.82) is 5.41 Å². The lowest BCUT2D eigenvalue weighted by Crippen LogP contribution is -2.48. The molecular weight excluding hydrogens is 554 g/mol. The molecule has 43 heavy (non-hydrogen) atoms. The highest BCUT2D eigenvalue weighted by Gasteiger charge is 2.30. The van der Waals surface area contributed by atoms with Crippen LogP contribution in [0.15, 0.2) is 35.9 Å². The van der Waals surface area contributed by atoms with Gasteiger partial charge in [0.15, 0.2) is 0 Å². The molecule has 0 saturated carbocycles. The van der Waals surface area contributed by atoms with Gasteiger partial charge in [0.05, 0.1) is 5.75 Å². The van der Waals surface area contributed by atoms with Crippen LogP contribution in [0.4, 0.5) is 0 Å². The number of sulfonamides is 1. The van der Waals surface area contributed by atoms with Gasteiger partial charge in [-0.25, -0.2) is 12.7 Å². The van der Waals surface area contributed by atoms with E-state index in [1.165, 1.54) is 16.5 Å². The fourth-order valence-electron chi connectivity index (χ4n) is 6.40. The molecule has 1 saturated heterocycles. The smallest absolute Gasteiger partial charge is 0.215 e. The summed E-state index contributed by atoms with van der Waals surface area (Å²) in [6, 6.07) is 7.01. The van der Waals surface area contributed by atoms with Gasteiger partial charge >= 0.3 is 0 Å². The predicted octanol–water partition coefficient (Wildman–Crippen LogP) is 7.29. The summed E-state index contributed by atoms with van der Waals surface area (Å²) in [5, 5.41) is 12.9. The van der Waals surface area contributed by atoms with Crippen molar-refractivity contribution < 1.29 is 8.42 Å². The first-order valence-corrected chi connectivity index (χ1v) is 17.9. The number of rotatable bonds is 15. The summed E-state index contributed by atoms with van der Waals surface area (Å²) >= 11 is 0. The molecule has 7 nitrogen and oxygen atoms in total. The van der Waals surface area contributed by atoms with Crippen LogP contribution < -0.4 is 5.32 Å². The summed E-state index contributed by atoms with van der Waals surface area (Å²) in [5.41, 5.74) is 7.88. The summed E-state index contributed by atoms with van der Waals surface area (Å²) in [5.74, 6) is 0.974. The minimum Gasteiger partial charge on any atom is -0.354 e. The van der Waals surface area contributed by atoms with Crippen LogP contribution in [0.2, 0.25) is 0 Å². The maximum atomic E-state index is 13.2. The standard InChI is InChI=1S/C35H57N5O2S/c1-10-13-32(36)25(6)20-28(11-2)35-34(24(4)5)31-21-30(14-15-33(31)38-35)29-16-18-39(19-17-29)27(8)23-43(41,42)40(12-3)22-26(7)37-9/h11,14-15,20-21,24,26-27,29,36-38H,10,12-13,16-19,22-23H2,1-9H3/b25-20-,28-11+,36-32?. The van der Waals surface area contributed by atoms with Gasteiger partial charge in [-0.15, -0.1) is 0 Å². The Kier molecular flexibility index (Phi) is 12.8. The number of benzene rings is 1. The minimum atomic E-state index is -3.32. The predicted molar refractivity (Wildman–Crippen MR) is 185 cm³/mol. The van der Waals surface area contributed by atoms with Gasteiger partial charge in [-0.3, -0.25) is 4.90 Å². The monoisotopic (exact) mass is 611 g/mol. The molecule has 1 aromatic heterocycles. The number of piperidine rings is 1. The number of nitrogens with zero attached hydrogens (tertiary/aromatic N) is 2. The van der Waals surface area contributed by atoms with Gasteiger partial charge in [0, 0.05) is 47.5 Å². The average Bonchev–Trinajstić information content (AvgIpc) is 3.37. The van der Waals surface area contributed by atoms with Crippen molar-refractivity contribution in [1.82, 2.24) is 19.5 Å². The van der Waals surface area contributed by atoms with E-state index in [4.69, 9.17) is 5.41 Å². The first kappa shape index (κ1) is 35.2. The molecule has 2 aromatic rings. The van der Waals surface area contributed by atoms with Crippen molar-refractivity contribution in [3.63, 3.8) is 0 Å². The Labute approximate surface area is 261 Å². The van der Waals surface area contributed by atoms with E-state index in [1.807, 2.05) is 27.8 Å². The highest BCUT2D eigenvalue weighted by Crippen LogP contribution is 2.37. The number of aromatic amines is 1. The Balaban J connectivity index is 1.78. The van der Waals surface area contributed by atoms with E-state index in [-0.39, 0.29) is 17.8 Å². The molecule has 1 aliphatic rings. The lowest BCUT2D eigenvalue weighted by atomic mass is 9.87. The number of nitrogens with one attached hydrogen (secondary N) is 3. The Morgan fingerprint density at radius 1 is 1.19 bits per heavy atom. The molecule has 0 amide bonds. The number of aromatic nitrogens is 1. The number of hydrogen-bond acceptors (Lipinski definition) is 5. The second kappa shape index (κ2) is 15.6. The summed E-state index contributed by atoms with van der Waals surface area (Å²) in [4.78, 5) is 6.08. The van der Waals surface area contributed by atoms with E-state index in [2.05, 4.69) is 80.2 Å². The molecule has 3 N–H and O–H groups in total. The van der Waals surface area contributed by atoms with Gasteiger partial charge < -0.3 is 15.7 Å². The third kappa shape index (κ3) is 8.68. The molecule has 0 radical (unpaired) electrons. The van der Waals surface area contributed by atoms with E-state index in [0.717, 1.165) is 61.1 Å². The van der Waals surface area contributed by atoms with Crippen molar-refractivity contribution >= 4 is 32.2 Å². The lowest BCUT2D eigenvalue weighted by molar-refractivity contribution is 0.172. The second-order valence-electron chi connectivity index (χ2n) is 12.8. The topological polar surface area (TPSA) is 92.3 Å². The third-order valence-electron chi connectivity index (χ3n) is 9.18. The quantitative estimate of drug-likeness (QED) is 0.146. The molecule has 1 aliphatic heterocycles.